The number of aromatic nitrogens is 3. The van der Waals surface area contributed by atoms with E-state index in [9.17, 15) is 0 Å². The van der Waals surface area contributed by atoms with Crippen LogP contribution in [0.1, 0.15) is 29.1 Å². The second kappa shape index (κ2) is 14.0. The van der Waals surface area contributed by atoms with Gasteiger partial charge >= 0.3 is 0 Å². The molecule has 0 atom stereocenters. The third-order valence-electron chi connectivity index (χ3n) is 6.11. The Morgan fingerprint density at radius 2 is 1.34 bits per heavy atom. The normalized spacial score (nSPS) is 11.8. The molecule has 4 heteroatoms. The van der Waals surface area contributed by atoms with Crippen LogP contribution in [0.4, 0.5) is 0 Å². The summed E-state index contributed by atoms with van der Waals surface area (Å²) >= 11 is 0. The minimum Gasteiger partial charge on any atom is -0.340 e. The van der Waals surface area contributed by atoms with Crippen LogP contribution in [0.3, 0.4) is 0 Å². The molecule has 6 aromatic rings. The summed E-state index contributed by atoms with van der Waals surface area (Å²) in [4.78, 5) is 8.92. The zero-order chi connectivity index (χ0) is 29.6. The molecule has 6 rings (SSSR count). The van der Waals surface area contributed by atoms with Gasteiger partial charge in [0, 0.05) is 47.1 Å². The summed E-state index contributed by atoms with van der Waals surface area (Å²) in [5, 5.41) is 0. The number of nitrogens with zero attached hydrogens (tertiary/aromatic N) is 3. The van der Waals surface area contributed by atoms with Crippen LogP contribution in [-0.2, 0) is 26.5 Å². The average Bonchev–Trinajstić information content (AvgIpc) is 3.53. The van der Waals surface area contributed by atoms with Crippen molar-refractivity contribution in [3.63, 3.8) is 0 Å². The Morgan fingerprint density at radius 1 is 0.707 bits per heavy atom. The zero-order valence-electron chi connectivity index (χ0n) is 25.4. The second-order valence-corrected chi connectivity index (χ2v) is 10.4. The van der Waals surface area contributed by atoms with Gasteiger partial charge < -0.3 is 9.55 Å². The summed E-state index contributed by atoms with van der Waals surface area (Å²) in [6, 6.07) is 43.9. The van der Waals surface area contributed by atoms with Gasteiger partial charge in [0.25, 0.3) is 0 Å². The molecule has 4 aromatic carbocycles. The molecule has 207 valence electrons. The molecule has 0 amide bonds. The molecule has 0 aliphatic rings. The maximum Gasteiger partial charge on any atom is 0.0602 e. The Kier molecular flexibility index (Phi) is 9.24. The van der Waals surface area contributed by atoms with Gasteiger partial charge in [-0.3, -0.25) is 4.98 Å². The molecule has 2 aromatic heterocycles. The summed E-state index contributed by atoms with van der Waals surface area (Å²) < 4.78 is 18.8. The number of imidazole rings is 1. The van der Waals surface area contributed by atoms with Crippen LogP contribution in [0.15, 0.2) is 134 Å². The quantitative estimate of drug-likeness (QED) is 0.167. The van der Waals surface area contributed by atoms with Gasteiger partial charge in [-0.15, -0.1) is 71.8 Å². The zero-order valence-corrected chi connectivity index (χ0v) is 25.8. The van der Waals surface area contributed by atoms with E-state index in [-0.39, 0.29) is 20.1 Å². The fourth-order valence-corrected chi connectivity index (χ4v) is 4.29. The molecule has 0 aliphatic carbocycles. The van der Waals surface area contributed by atoms with Crippen LogP contribution in [0.25, 0.3) is 39.5 Å². The molecule has 0 aliphatic heterocycles. The molecule has 0 bridgehead atoms. The molecule has 0 unspecified atom stereocenters. The molecule has 0 saturated heterocycles. The van der Waals surface area contributed by atoms with E-state index in [1.165, 1.54) is 0 Å². The van der Waals surface area contributed by atoms with Crippen LogP contribution in [0, 0.1) is 17.5 Å². The molecule has 2 heterocycles. The molecular formula is C37H33IrN3-2. The summed E-state index contributed by atoms with van der Waals surface area (Å²) in [6.45, 7) is 5.76. The van der Waals surface area contributed by atoms with Gasteiger partial charge in [0.05, 0.1) is 5.82 Å². The van der Waals surface area contributed by atoms with Crippen molar-refractivity contribution in [1.82, 2.24) is 14.5 Å². The molecular weight excluding hydrogens is 679 g/mol. The number of rotatable bonds is 5. The second-order valence-electron chi connectivity index (χ2n) is 10.4. The summed E-state index contributed by atoms with van der Waals surface area (Å²) in [5.74, 6) is 0.914. The van der Waals surface area contributed by atoms with E-state index >= 15 is 0 Å². The fourth-order valence-electron chi connectivity index (χ4n) is 4.29. The minimum absolute atomic E-state index is 0. The van der Waals surface area contributed by atoms with E-state index in [1.54, 1.807) is 0 Å². The molecule has 0 saturated carbocycles. The first-order valence-corrected chi connectivity index (χ1v) is 13.3. The number of pyridine rings is 1. The van der Waals surface area contributed by atoms with Crippen molar-refractivity contribution in [3.05, 3.63) is 152 Å². The Balaban J connectivity index is 0.000000205. The Morgan fingerprint density at radius 3 is 1.93 bits per heavy atom. The number of benzene rings is 4. The SMILES string of the molecule is [2H]C([2H])(c1ccc(-c2ccc(-c3[c-]cccc3)nc2)cc1)C(C)(C)C.[Ir].[c-]1ccccc1-c1nccn1-c1ccccc1. The number of para-hydroxylation sites is 1. The smallest absolute Gasteiger partial charge is 0.0602 e. The van der Waals surface area contributed by atoms with Crippen LogP contribution in [0.5, 0.6) is 0 Å². The van der Waals surface area contributed by atoms with Gasteiger partial charge in [-0.1, -0.05) is 75.4 Å². The minimum atomic E-state index is -1.38. The Labute approximate surface area is 260 Å². The predicted octanol–water partition coefficient (Wildman–Crippen LogP) is 9.14. The van der Waals surface area contributed by atoms with Gasteiger partial charge in [-0.05, 0) is 46.3 Å². The molecule has 1 radical (unpaired) electrons. The van der Waals surface area contributed by atoms with Crippen LogP contribution >= 0.6 is 0 Å². The summed E-state index contributed by atoms with van der Waals surface area (Å²) in [5.41, 5.74) is 6.27. The van der Waals surface area contributed by atoms with Crippen molar-refractivity contribution in [3.8, 4) is 39.5 Å². The number of hydrogen-bond donors (Lipinski definition) is 0. The van der Waals surface area contributed by atoms with E-state index in [0.717, 1.165) is 39.5 Å². The van der Waals surface area contributed by atoms with E-state index in [0.29, 0.717) is 5.56 Å². The predicted molar refractivity (Wildman–Crippen MR) is 165 cm³/mol. The Bertz CT molecular complexity index is 1640. The fraction of sp³-hybridized carbons (Fsp3) is 0.135. The monoisotopic (exact) mass is 714 g/mol. The molecule has 41 heavy (non-hydrogen) atoms. The molecule has 0 N–H and O–H groups in total. The Hall–Kier alpha value is -4.11. The van der Waals surface area contributed by atoms with E-state index < -0.39 is 11.8 Å². The average molecular weight is 714 g/mol. The first-order valence-electron chi connectivity index (χ1n) is 14.3. The van der Waals surface area contributed by atoms with Crippen molar-refractivity contribution in [2.24, 2.45) is 5.41 Å². The van der Waals surface area contributed by atoms with Crippen molar-refractivity contribution < 1.29 is 22.8 Å². The molecule has 3 nitrogen and oxygen atoms in total. The number of hydrogen-bond acceptors (Lipinski definition) is 2. The molecule has 0 fully saturated rings. The van der Waals surface area contributed by atoms with Crippen LogP contribution < -0.4 is 0 Å². The molecule has 0 spiro atoms. The first kappa shape index (κ1) is 27.1. The topological polar surface area (TPSA) is 30.7 Å². The largest absolute Gasteiger partial charge is 0.340 e. The van der Waals surface area contributed by atoms with E-state index in [2.05, 4.69) is 38.8 Å². The van der Waals surface area contributed by atoms with Crippen molar-refractivity contribution in [1.29, 1.82) is 0 Å². The van der Waals surface area contributed by atoms with Gasteiger partial charge in [-0.2, -0.15) is 0 Å². The van der Waals surface area contributed by atoms with Crippen LogP contribution in [-0.4, -0.2) is 14.5 Å². The van der Waals surface area contributed by atoms with E-state index in [1.807, 2.05) is 142 Å². The first-order chi connectivity index (χ1) is 20.2. The van der Waals surface area contributed by atoms with Gasteiger partial charge in [0.15, 0.2) is 0 Å². The third kappa shape index (κ3) is 8.20. The third-order valence-corrected chi connectivity index (χ3v) is 6.11. The standard InChI is InChI=1S/C22H22N.C15H11N2.Ir/c1-22(2,3)15-17-9-11-18(12-10-17)20-13-14-21(23-16-20)19-7-5-4-6-8-19;1-3-7-13(8-4-1)15-16-11-12-17(15)14-9-5-2-6-10-14;/h4-7,9-14,16H,15H2,1-3H3;1-7,9-12H;/q2*-1;/i15D2;;. The van der Waals surface area contributed by atoms with Gasteiger partial charge in [0.1, 0.15) is 0 Å². The van der Waals surface area contributed by atoms with Gasteiger partial charge in [-0.25, -0.2) is 0 Å². The van der Waals surface area contributed by atoms with Crippen molar-refractivity contribution in [2.75, 3.05) is 0 Å². The van der Waals surface area contributed by atoms with Crippen molar-refractivity contribution in [2.45, 2.75) is 27.1 Å². The van der Waals surface area contributed by atoms with Crippen molar-refractivity contribution >= 4 is 0 Å². The summed E-state index contributed by atoms with van der Waals surface area (Å²) in [6.07, 6.45) is 4.25. The maximum atomic E-state index is 8.37. The van der Waals surface area contributed by atoms with E-state index in [4.69, 9.17) is 2.74 Å². The van der Waals surface area contributed by atoms with Crippen LogP contribution in [0.2, 0.25) is 0 Å². The van der Waals surface area contributed by atoms with Gasteiger partial charge in [0.2, 0.25) is 0 Å². The maximum absolute atomic E-state index is 8.37. The summed E-state index contributed by atoms with van der Waals surface area (Å²) in [7, 11) is 0.